The van der Waals surface area contributed by atoms with Crippen LogP contribution in [0.25, 0.3) is 0 Å². The number of furan rings is 1. The summed E-state index contributed by atoms with van der Waals surface area (Å²) in [6.45, 7) is 7.75. The van der Waals surface area contributed by atoms with Gasteiger partial charge in [-0.2, -0.15) is 0 Å². The Morgan fingerprint density at radius 3 is 2.71 bits per heavy atom. The summed E-state index contributed by atoms with van der Waals surface area (Å²) in [4.78, 5) is 27.1. The first-order valence-corrected chi connectivity index (χ1v) is 10.8. The molecule has 2 atom stereocenters. The van der Waals surface area contributed by atoms with Crippen LogP contribution in [0, 0.1) is 11.8 Å². The van der Waals surface area contributed by atoms with Gasteiger partial charge in [0.15, 0.2) is 17.3 Å². The molecule has 1 saturated heterocycles. The van der Waals surface area contributed by atoms with Crippen molar-refractivity contribution in [2.75, 3.05) is 26.8 Å². The van der Waals surface area contributed by atoms with E-state index < -0.39 is 0 Å². The molecule has 1 N–H and O–H groups in total. The Kier molecular flexibility index (Phi) is 7.60. The third-order valence-corrected chi connectivity index (χ3v) is 5.43. The van der Waals surface area contributed by atoms with Crippen molar-refractivity contribution in [2.24, 2.45) is 11.8 Å². The number of carbonyl (C=O) groups excluding carboxylic acids is 2. The summed E-state index contributed by atoms with van der Waals surface area (Å²) in [6, 6.07) is 8.86. The van der Waals surface area contributed by atoms with Gasteiger partial charge in [-0.3, -0.25) is 9.59 Å². The Morgan fingerprint density at radius 1 is 1.23 bits per heavy atom. The average Bonchev–Trinajstić information content (AvgIpc) is 3.32. The summed E-state index contributed by atoms with van der Waals surface area (Å²) >= 11 is 0. The van der Waals surface area contributed by atoms with Crippen LogP contribution < -0.4 is 14.8 Å². The van der Waals surface area contributed by atoms with Gasteiger partial charge in [0.1, 0.15) is 0 Å². The second kappa shape index (κ2) is 10.4. The Morgan fingerprint density at radius 2 is 2.03 bits per heavy atom. The van der Waals surface area contributed by atoms with Crippen molar-refractivity contribution in [3.8, 4) is 11.5 Å². The lowest BCUT2D eigenvalue weighted by Gasteiger charge is -2.32. The van der Waals surface area contributed by atoms with E-state index in [9.17, 15) is 9.59 Å². The molecule has 0 bridgehead atoms. The third-order valence-electron chi connectivity index (χ3n) is 5.43. The van der Waals surface area contributed by atoms with Crippen LogP contribution >= 0.6 is 0 Å². The molecule has 168 valence electrons. The summed E-state index contributed by atoms with van der Waals surface area (Å²) in [6.07, 6.45) is 3.02. The smallest absolute Gasteiger partial charge is 0.289 e. The summed E-state index contributed by atoms with van der Waals surface area (Å²) in [5, 5.41) is 3.08. The van der Waals surface area contributed by atoms with Crippen molar-refractivity contribution in [3.05, 3.63) is 47.9 Å². The molecule has 7 nitrogen and oxygen atoms in total. The molecule has 1 aliphatic rings. The van der Waals surface area contributed by atoms with Crippen LogP contribution in [-0.2, 0) is 4.79 Å². The minimum atomic E-state index is -0.245. The number of benzene rings is 1. The van der Waals surface area contributed by atoms with Crippen molar-refractivity contribution < 1.29 is 23.5 Å². The van der Waals surface area contributed by atoms with E-state index in [1.54, 1.807) is 24.1 Å². The fraction of sp³-hybridized carbons (Fsp3) is 0.500. The largest absolute Gasteiger partial charge is 0.493 e. The number of piperidine rings is 1. The molecule has 3 rings (SSSR count). The van der Waals surface area contributed by atoms with Crippen molar-refractivity contribution in [2.45, 2.75) is 39.7 Å². The van der Waals surface area contributed by atoms with E-state index in [4.69, 9.17) is 13.9 Å². The van der Waals surface area contributed by atoms with Crippen LogP contribution in [0.15, 0.2) is 41.0 Å². The molecule has 1 aliphatic heterocycles. The van der Waals surface area contributed by atoms with Crippen molar-refractivity contribution in [3.63, 3.8) is 0 Å². The number of likely N-dealkylation sites (tertiary alicyclic amines) is 1. The molecule has 0 aliphatic carbocycles. The lowest BCUT2D eigenvalue weighted by atomic mass is 9.96. The van der Waals surface area contributed by atoms with E-state index in [-0.39, 0.29) is 23.8 Å². The van der Waals surface area contributed by atoms with Gasteiger partial charge in [-0.1, -0.05) is 19.9 Å². The number of nitrogens with zero attached hydrogens (tertiary/aromatic N) is 1. The van der Waals surface area contributed by atoms with E-state index in [0.717, 1.165) is 18.4 Å². The minimum absolute atomic E-state index is 0.0523. The Hall–Kier alpha value is -2.96. The highest BCUT2D eigenvalue weighted by atomic mass is 16.5. The molecule has 7 heteroatoms. The highest BCUT2D eigenvalue weighted by molar-refractivity contribution is 5.92. The zero-order valence-corrected chi connectivity index (χ0v) is 18.7. The molecule has 1 aromatic carbocycles. The number of nitrogens with one attached hydrogen (secondary N) is 1. The first kappa shape index (κ1) is 22.7. The molecular formula is C24H32N2O5. The number of hydrogen-bond donors (Lipinski definition) is 1. The van der Waals surface area contributed by atoms with Crippen molar-refractivity contribution >= 4 is 11.8 Å². The van der Waals surface area contributed by atoms with E-state index in [0.29, 0.717) is 42.9 Å². The molecule has 0 radical (unpaired) electrons. The Balaban J connectivity index is 1.61. The standard InChI is InChI=1S/C24H32N2O5/c1-16(2)15-31-20-10-9-18(13-22(20)29-4)17(3)25-23(27)19-7-5-11-26(14-19)24(28)21-8-6-12-30-21/h6,8-10,12-13,16-17,19H,5,7,11,14-15H2,1-4H3,(H,25,27). The van der Waals surface area contributed by atoms with Gasteiger partial charge >= 0.3 is 0 Å². The van der Waals surface area contributed by atoms with Crippen LogP contribution in [0.3, 0.4) is 0 Å². The van der Waals surface area contributed by atoms with Gasteiger partial charge in [0.2, 0.25) is 5.91 Å². The summed E-state index contributed by atoms with van der Waals surface area (Å²) in [5.41, 5.74) is 0.932. The molecule has 1 aromatic heterocycles. The maximum absolute atomic E-state index is 12.9. The van der Waals surface area contributed by atoms with Crippen LogP contribution in [-0.4, -0.2) is 43.5 Å². The maximum atomic E-state index is 12.9. The second-order valence-corrected chi connectivity index (χ2v) is 8.41. The van der Waals surface area contributed by atoms with Gasteiger partial charge in [-0.25, -0.2) is 0 Å². The highest BCUT2D eigenvalue weighted by Crippen LogP contribution is 2.31. The number of rotatable bonds is 8. The van der Waals surface area contributed by atoms with Gasteiger partial charge in [0.25, 0.3) is 5.91 Å². The van der Waals surface area contributed by atoms with E-state index >= 15 is 0 Å². The molecule has 1 fully saturated rings. The van der Waals surface area contributed by atoms with Crippen LogP contribution in [0.2, 0.25) is 0 Å². The highest BCUT2D eigenvalue weighted by Gasteiger charge is 2.30. The third kappa shape index (κ3) is 5.81. The van der Waals surface area contributed by atoms with Crippen molar-refractivity contribution in [1.29, 1.82) is 0 Å². The molecular weight excluding hydrogens is 396 g/mol. The first-order valence-electron chi connectivity index (χ1n) is 10.8. The van der Waals surface area contributed by atoms with Crippen LogP contribution in [0.1, 0.15) is 55.8 Å². The first-order chi connectivity index (χ1) is 14.9. The number of ether oxygens (including phenoxy) is 2. The normalized spacial score (nSPS) is 17.3. The molecule has 0 saturated carbocycles. The zero-order valence-electron chi connectivity index (χ0n) is 18.7. The van der Waals surface area contributed by atoms with Gasteiger partial charge in [-0.05, 0) is 55.5 Å². The number of carbonyl (C=O) groups is 2. The fourth-order valence-corrected chi connectivity index (χ4v) is 3.68. The van der Waals surface area contributed by atoms with E-state index in [1.807, 2.05) is 25.1 Å². The molecule has 2 heterocycles. The number of methoxy groups -OCH3 is 1. The molecule has 2 aromatic rings. The zero-order chi connectivity index (χ0) is 22.4. The Bertz CT molecular complexity index is 878. The van der Waals surface area contributed by atoms with E-state index in [2.05, 4.69) is 19.2 Å². The molecule has 2 amide bonds. The maximum Gasteiger partial charge on any atom is 0.289 e. The monoisotopic (exact) mass is 428 g/mol. The fourth-order valence-electron chi connectivity index (χ4n) is 3.68. The average molecular weight is 429 g/mol. The van der Waals surface area contributed by atoms with Gasteiger partial charge < -0.3 is 24.1 Å². The van der Waals surface area contributed by atoms with Gasteiger partial charge in [-0.15, -0.1) is 0 Å². The van der Waals surface area contributed by atoms with Crippen LogP contribution in [0.4, 0.5) is 0 Å². The number of hydrogen-bond acceptors (Lipinski definition) is 5. The summed E-state index contributed by atoms with van der Waals surface area (Å²) in [7, 11) is 1.61. The number of amides is 2. The molecule has 31 heavy (non-hydrogen) atoms. The lowest BCUT2D eigenvalue weighted by molar-refractivity contribution is -0.127. The molecule has 0 spiro atoms. The van der Waals surface area contributed by atoms with Gasteiger partial charge in [0, 0.05) is 13.1 Å². The predicted octanol–water partition coefficient (Wildman–Crippen LogP) is 4.05. The summed E-state index contributed by atoms with van der Waals surface area (Å²) in [5.74, 6) is 1.59. The predicted molar refractivity (Wildman–Crippen MR) is 117 cm³/mol. The van der Waals surface area contributed by atoms with Crippen molar-refractivity contribution in [1.82, 2.24) is 10.2 Å². The van der Waals surface area contributed by atoms with E-state index in [1.165, 1.54) is 6.26 Å². The summed E-state index contributed by atoms with van der Waals surface area (Å²) < 4.78 is 16.5. The van der Waals surface area contributed by atoms with Gasteiger partial charge in [0.05, 0.1) is 31.9 Å². The topological polar surface area (TPSA) is 81.0 Å². The lowest BCUT2D eigenvalue weighted by Crippen LogP contribution is -2.45. The SMILES string of the molecule is COc1cc(C(C)NC(=O)C2CCCN(C(=O)c3ccco3)C2)ccc1OCC(C)C. The second-order valence-electron chi connectivity index (χ2n) is 8.41. The van der Waals surface area contributed by atoms with Crippen LogP contribution in [0.5, 0.6) is 11.5 Å². The minimum Gasteiger partial charge on any atom is -0.493 e. The Labute approximate surface area is 183 Å². The molecule has 2 unspecified atom stereocenters. The quantitative estimate of drug-likeness (QED) is 0.686.